The van der Waals surface area contributed by atoms with E-state index >= 15 is 0 Å². The molecular formula is C18H16N2O5S. The summed E-state index contributed by atoms with van der Waals surface area (Å²) in [5.74, 6) is 0.558. The zero-order valence-corrected chi connectivity index (χ0v) is 14.6. The van der Waals surface area contributed by atoms with E-state index in [1.807, 2.05) is 6.07 Å². The number of unbranched alkanes of at least 4 members (excludes halogenated alkanes) is 1. The van der Waals surface area contributed by atoms with Gasteiger partial charge in [-0.1, -0.05) is 23.4 Å². The Morgan fingerprint density at radius 2 is 2.00 bits per heavy atom. The molecule has 0 fully saturated rings. The van der Waals surface area contributed by atoms with Crippen molar-refractivity contribution in [2.24, 2.45) is 0 Å². The summed E-state index contributed by atoms with van der Waals surface area (Å²) in [5, 5.41) is 6.16. The van der Waals surface area contributed by atoms with Gasteiger partial charge in [0, 0.05) is 12.6 Å². The van der Waals surface area contributed by atoms with Gasteiger partial charge in [0.2, 0.25) is 17.3 Å². The SMILES string of the molecule is O=C(NCCCCSC1=CC(=O)c2oncc2C1=O)Oc1ccccc1. The molecule has 0 spiro atoms. The summed E-state index contributed by atoms with van der Waals surface area (Å²) < 4.78 is 9.89. The van der Waals surface area contributed by atoms with Gasteiger partial charge in [0.1, 0.15) is 5.75 Å². The number of carbonyl (C=O) groups is 3. The molecule has 0 saturated carbocycles. The Morgan fingerprint density at radius 1 is 1.19 bits per heavy atom. The van der Waals surface area contributed by atoms with Crippen molar-refractivity contribution < 1.29 is 23.6 Å². The van der Waals surface area contributed by atoms with Crippen molar-refractivity contribution in [3.8, 4) is 5.75 Å². The number of thioether (sulfide) groups is 1. The van der Waals surface area contributed by atoms with Crippen LogP contribution >= 0.6 is 11.8 Å². The van der Waals surface area contributed by atoms with E-state index in [1.165, 1.54) is 24.0 Å². The monoisotopic (exact) mass is 372 g/mol. The van der Waals surface area contributed by atoms with Crippen LogP contribution in [-0.2, 0) is 0 Å². The van der Waals surface area contributed by atoms with E-state index in [4.69, 9.17) is 9.26 Å². The Hall–Kier alpha value is -2.87. The number of benzene rings is 1. The van der Waals surface area contributed by atoms with Crippen LogP contribution in [0.2, 0.25) is 0 Å². The number of fused-ring (bicyclic) bond motifs is 1. The molecule has 1 aromatic heterocycles. The van der Waals surface area contributed by atoms with Gasteiger partial charge in [0.05, 0.1) is 16.7 Å². The van der Waals surface area contributed by atoms with Crippen molar-refractivity contribution >= 4 is 29.4 Å². The van der Waals surface area contributed by atoms with Crippen molar-refractivity contribution in [2.45, 2.75) is 12.8 Å². The Labute approximate surface area is 153 Å². The number of para-hydroxylation sites is 1. The standard InChI is InChI=1S/C18H16N2O5S/c21-14-10-15(16(22)13-11-20-25-17(13)14)26-9-5-4-8-19-18(23)24-12-6-2-1-3-7-12/h1-3,6-7,10-11H,4-5,8-9H2,(H,19,23). The molecule has 1 N–H and O–H groups in total. The summed E-state index contributed by atoms with van der Waals surface area (Å²) in [6, 6.07) is 8.82. The normalized spacial score (nSPS) is 13.2. The first-order valence-electron chi connectivity index (χ1n) is 8.04. The van der Waals surface area contributed by atoms with Crippen LogP contribution in [0.25, 0.3) is 0 Å². The maximum atomic E-state index is 12.2. The smallest absolute Gasteiger partial charge is 0.410 e. The molecule has 0 aliphatic heterocycles. The van der Waals surface area contributed by atoms with Crippen molar-refractivity contribution in [1.29, 1.82) is 0 Å². The highest BCUT2D eigenvalue weighted by atomic mass is 32.2. The lowest BCUT2D eigenvalue weighted by Crippen LogP contribution is -2.27. The molecule has 134 valence electrons. The summed E-state index contributed by atoms with van der Waals surface area (Å²) in [6.45, 7) is 0.466. The minimum Gasteiger partial charge on any atom is -0.410 e. The first kappa shape index (κ1) is 17.9. The van der Waals surface area contributed by atoms with Crippen molar-refractivity contribution in [3.63, 3.8) is 0 Å². The Morgan fingerprint density at radius 3 is 2.81 bits per heavy atom. The Bertz CT molecular complexity index is 844. The molecule has 1 heterocycles. The van der Waals surface area contributed by atoms with E-state index < -0.39 is 6.09 Å². The number of amides is 1. The molecule has 1 amide bonds. The fraction of sp³-hybridized carbons (Fsp3) is 0.222. The first-order valence-corrected chi connectivity index (χ1v) is 9.02. The van der Waals surface area contributed by atoms with Gasteiger partial charge in [0.15, 0.2) is 0 Å². The molecular weight excluding hydrogens is 356 g/mol. The number of ether oxygens (including phenoxy) is 1. The second kappa shape index (κ2) is 8.48. The number of nitrogens with one attached hydrogen (secondary N) is 1. The van der Waals surface area contributed by atoms with Crippen LogP contribution in [-0.4, -0.2) is 35.1 Å². The summed E-state index contributed by atoms with van der Waals surface area (Å²) in [5.41, 5.74) is 0.213. The van der Waals surface area contributed by atoms with Crippen molar-refractivity contribution in [3.05, 3.63) is 58.8 Å². The van der Waals surface area contributed by atoms with E-state index in [1.54, 1.807) is 24.3 Å². The average molecular weight is 372 g/mol. The van der Waals surface area contributed by atoms with E-state index in [0.717, 1.165) is 12.8 Å². The molecule has 1 aliphatic rings. The van der Waals surface area contributed by atoms with E-state index in [2.05, 4.69) is 10.5 Å². The van der Waals surface area contributed by atoms with Gasteiger partial charge in [-0.25, -0.2) is 4.79 Å². The van der Waals surface area contributed by atoms with Crippen LogP contribution in [0.5, 0.6) is 5.75 Å². The van der Waals surface area contributed by atoms with Gasteiger partial charge in [-0.15, -0.1) is 11.8 Å². The largest absolute Gasteiger partial charge is 0.412 e. The number of Topliss-reactive ketones (excluding diaryl/α,β-unsaturated/α-hetero) is 1. The second-order valence-corrected chi connectivity index (χ2v) is 6.59. The maximum absolute atomic E-state index is 12.2. The van der Waals surface area contributed by atoms with Gasteiger partial charge < -0.3 is 14.6 Å². The summed E-state index contributed by atoms with van der Waals surface area (Å²) in [6.07, 6.45) is 3.55. The van der Waals surface area contributed by atoms with Crippen LogP contribution in [0.3, 0.4) is 0 Å². The zero-order chi connectivity index (χ0) is 18.4. The van der Waals surface area contributed by atoms with Gasteiger partial charge in [-0.3, -0.25) is 9.59 Å². The number of allylic oxidation sites excluding steroid dienone is 2. The highest BCUT2D eigenvalue weighted by Crippen LogP contribution is 2.28. The second-order valence-electron chi connectivity index (χ2n) is 5.46. The lowest BCUT2D eigenvalue weighted by molar-refractivity contribution is 0.0967. The fourth-order valence-electron chi connectivity index (χ4n) is 2.30. The molecule has 0 atom stereocenters. The topological polar surface area (TPSA) is 98.5 Å². The molecule has 1 aromatic carbocycles. The third-order valence-corrected chi connectivity index (χ3v) is 4.68. The van der Waals surface area contributed by atoms with Crippen molar-refractivity contribution in [1.82, 2.24) is 10.5 Å². The first-order chi connectivity index (χ1) is 12.6. The predicted molar refractivity (Wildman–Crippen MR) is 95.4 cm³/mol. The zero-order valence-electron chi connectivity index (χ0n) is 13.8. The number of nitrogens with zero attached hydrogens (tertiary/aromatic N) is 1. The van der Waals surface area contributed by atoms with Gasteiger partial charge in [0.25, 0.3) is 0 Å². The van der Waals surface area contributed by atoms with E-state index in [9.17, 15) is 14.4 Å². The van der Waals surface area contributed by atoms with Crippen LogP contribution in [0.1, 0.15) is 33.8 Å². The molecule has 26 heavy (non-hydrogen) atoms. The number of rotatable bonds is 7. The minimum absolute atomic E-state index is 0.000443. The molecule has 2 aromatic rings. The molecule has 0 radical (unpaired) electrons. The van der Waals surface area contributed by atoms with E-state index in [-0.39, 0.29) is 22.9 Å². The number of ketones is 2. The third-order valence-electron chi connectivity index (χ3n) is 3.58. The Kier molecular flexibility index (Phi) is 5.85. The van der Waals surface area contributed by atoms with Gasteiger partial charge >= 0.3 is 6.09 Å². The molecule has 0 unspecified atom stereocenters. The van der Waals surface area contributed by atoms with Crippen LogP contribution < -0.4 is 10.1 Å². The van der Waals surface area contributed by atoms with Crippen molar-refractivity contribution in [2.75, 3.05) is 12.3 Å². The summed E-state index contributed by atoms with van der Waals surface area (Å²) in [4.78, 5) is 36.0. The number of hydrogen-bond acceptors (Lipinski definition) is 7. The van der Waals surface area contributed by atoms with Gasteiger partial charge in [-0.05, 0) is 30.7 Å². The molecule has 1 aliphatic carbocycles. The molecule has 0 bridgehead atoms. The van der Waals surface area contributed by atoms with E-state index in [0.29, 0.717) is 23.0 Å². The quantitative estimate of drug-likeness (QED) is 0.745. The lowest BCUT2D eigenvalue weighted by atomic mass is 10.0. The molecule has 0 saturated heterocycles. The molecule has 8 heteroatoms. The predicted octanol–water partition coefficient (Wildman–Crippen LogP) is 3.24. The van der Waals surface area contributed by atoms with Crippen LogP contribution in [0.4, 0.5) is 4.79 Å². The highest BCUT2D eigenvalue weighted by Gasteiger charge is 2.29. The number of aromatic nitrogens is 1. The minimum atomic E-state index is -0.500. The van der Waals surface area contributed by atoms with Crippen LogP contribution in [0, 0.1) is 0 Å². The van der Waals surface area contributed by atoms with Gasteiger partial charge in [-0.2, -0.15) is 0 Å². The summed E-state index contributed by atoms with van der Waals surface area (Å²) in [7, 11) is 0. The summed E-state index contributed by atoms with van der Waals surface area (Å²) >= 11 is 1.32. The molecule has 7 nitrogen and oxygen atoms in total. The Balaban J connectivity index is 1.34. The lowest BCUT2D eigenvalue weighted by Gasteiger charge is -2.09. The number of carbonyl (C=O) groups excluding carboxylic acids is 3. The maximum Gasteiger partial charge on any atom is 0.412 e. The number of hydrogen-bond donors (Lipinski definition) is 1. The average Bonchev–Trinajstić information content (AvgIpc) is 3.13. The third kappa shape index (κ3) is 4.40. The highest BCUT2D eigenvalue weighted by molar-refractivity contribution is 8.04. The fourth-order valence-corrected chi connectivity index (χ4v) is 3.30. The molecule has 3 rings (SSSR count). The van der Waals surface area contributed by atoms with Crippen LogP contribution in [0.15, 0.2) is 52.0 Å².